The van der Waals surface area contributed by atoms with Gasteiger partial charge in [-0.1, -0.05) is 31.4 Å². The molecule has 0 spiro atoms. The molecular formula is C29H45N3O5S. The molecule has 1 aliphatic heterocycles. The summed E-state index contributed by atoms with van der Waals surface area (Å²) in [5.41, 5.74) is 0.418. The van der Waals surface area contributed by atoms with Gasteiger partial charge in [0.1, 0.15) is 17.4 Å². The number of hydrogen-bond donors (Lipinski definition) is 2. The molecule has 2 fully saturated rings. The molecule has 38 heavy (non-hydrogen) atoms. The van der Waals surface area contributed by atoms with Crippen LogP contribution in [-0.4, -0.2) is 66.2 Å². The number of benzene rings is 1. The summed E-state index contributed by atoms with van der Waals surface area (Å²) in [5, 5.41) is 6.03. The van der Waals surface area contributed by atoms with Gasteiger partial charge in [-0.15, -0.1) is 0 Å². The Morgan fingerprint density at radius 2 is 1.68 bits per heavy atom. The monoisotopic (exact) mass is 547 g/mol. The second kappa shape index (κ2) is 14.7. The highest BCUT2D eigenvalue weighted by molar-refractivity contribution is 7.99. The van der Waals surface area contributed by atoms with Crippen LogP contribution in [0.3, 0.4) is 0 Å². The van der Waals surface area contributed by atoms with E-state index in [2.05, 4.69) is 10.6 Å². The lowest BCUT2D eigenvalue weighted by molar-refractivity contribution is -0.131. The Morgan fingerprint density at radius 3 is 2.29 bits per heavy atom. The first-order valence-corrected chi connectivity index (χ1v) is 15.1. The quantitative estimate of drug-likeness (QED) is 0.439. The molecule has 1 aromatic carbocycles. The van der Waals surface area contributed by atoms with E-state index in [1.54, 1.807) is 23.8 Å². The van der Waals surface area contributed by atoms with Gasteiger partial charge in [-0.2, -0.15) is 11.8 Å². The number of carbonyl (C=O) groups excluding carboxylic acids is 3. The predicted molar refractivity (Wildman–Crippen MR) is 151 cm³/mol. The summed E-state index contributed by atoms with van der Waals surface area (Å²) in [6, 6.07) is 6.97. The van der Waals surface area contributed by atoms with Crippen molar-refractivity contribution < 1.29 is 23.9 Å². The van der Waals surface area contributed by atoms with Crippen LogP contribution in [0.4, 0.5) is 4.79 Å². The van der Waals surface area contributed by atoms with Crippen LogP contribution < -0.4 is 15.4 Å². The number of amides is 3. The molecule has 212 valence electrons. The Balaban J connectivity index is 1.53. The van der Waals surface area contributed by atoms with Crippen LogP contribution in [0.2, 0.25) is 0 Å². The number of hydrogen-bond acceptors (Lipinski definition) is 6. The molecule has 1 aromatic rings. The van der Waals surface area contributed by atoms with Crippen molar-refractivity contribution in [2.75, 3.05) is 31.7 Å². The SMILES string of the molecule is COc1ccc(CNC(=O)[C@H](CSCC2CCCCC2)NC(=O)C2CCN(C(=O)OC(C)(C)C)CC2)cc1. The topological polar surface area (TPSA) is 97.0 Å². The highest BCUT2D eigenvalue weighted by atomic mass is 32.2. The molecule has 0 bridgehead atoms. The Kier molecular flexibility index (Phi) is 11.6. The maximum atomic E-state index is 13.2. The lowest BCUT2D eigenvalue weighted by Crippen LogP contribution is -2.51. The second-order valence-electron chi connectivity index (χ2n) is 11.4. The minimum Gasteiger partial charge on any atom is -0.497 e. The maximum absolute atomic E-state index is 13.2. The first-order valence-electron chi connectivity index (χ1n) is 13.9. The lowest BCUT2D eigenvalue weighted by atomic mass is 9.91. The summed E-state index contributed by atoms with van der Waals surface area (Å²) in [4.78, 5) is 40.4. The number of rotatable bonds is 10. The van der Waals surface area contributed by atoms with Gasteiger partial charge in [0.15, 0.2) is 0 Å². The molecule has 1 saturated heterocycles. The second-order valence-corrected chi connectivity index (χ2v) is 12.5. The summed E-state index contributed by atoms with van der Waals surface area (Å²) in [6.07, 6.45) is 7.17. The minimum atomic E-state index is -0.599. The van der Waals surface area contributed by atoms with Gasteiger partial charge in [0, 0.05) is 31.3 Å². The average molecular weight is 548 g/mol. The first-order chi connectivity index (χ1) is 18.1. The molecule has 2 aliphatic rings. The van der Waals surface area contributed by atoms with E-state index in [1.807, 2.05) is 45.0 Å². The molecule has 8 nitrogen and oxygen atoms in total. The number of piperidine rings is 1. The number of ether oxygens (including phenoxy) is 2. The van der Waals surface area contributed by atoms with Crippen molar-refractivity contribution in [3.63, 3.8) is 0 Å². The van der Waals surface area contributed by atoms with Crippen molar-refractivity contribution in [2.24, 2.45) is 11.8 Å². The average Bonchev–Trinajstić information content (AvgIpc) is 2.91. The van der Waals surface area contributed by atoms with Gasteiger partial charge in [0.05, 0.1) is 7.11 Å². The summed E-state index contributed by atoms with van der Waals surface area (Å²) < 4.78 is 10.7. The Labute approximate surface area is 232 Å². The van der Waals surface area contributed by atoms with Gasteiger partial charge < -0.3 is 25.0 Å². The number of likely N-dealkylation sites (tertiary alicyclic amines) is 1. The van der Waals surface area contributed by atoms with E-state index in [0.29, 0.717) is 44.1 Å². The van der Waals surface area contributed by atoms with Crippen molar-refractivity contribution in [2.45, 2.75) is 83.9 Å². The van der Waals surface area contributed by atoms with Gasteiger partial charge in [-0.3, -0.25) is 9.59 Å². The standard InChI is InChI=1S/C29H45N3O5S/c1-29(2,3)37-28(35)32-16-14-23(15-17-32)26(33)31-25(20-38-19-22-8-6-5-7-9-22)27(34)30-18-21-10-12-24(36-4)13-11-21/h10-13,22-23,25H,5-9,14-20H2,1-4H3,(H,30,34)(H,31,33)/t25-/m0/s1. The summed E-state index contributed by atoms with van der Waals surface area (Å²) in [6.45, 7) is 6.86. The highest BCUT2D eigenvalue weighted by Gasteiger charge is 2.32. The van der Waals surface area contributed by atoms with Crippen LogP contribution in [0.15, 0.2) is 24.3 Å². The third kappa shape index (κ3) is 10.0. The van der Waals surface area contributed by atoms with E-state index in [4.69, 9.17) is 9.47 Å². The minimum absolute atomic E-state index is 0.114. The van der Waals surface area contributed by atoms with Gasteiger partial charge in [0.2, 0.25) is 11.8 Å². The normalized spacial score (nSPS) is 17.9. The Morgan fingerprint density at radius 1 is 1.03 bits per heavy atom. The molecule has 3 amide bonds. The molecule has 1 heterocycles. The van der Waals surface area contributed by atoms with E-state index in [1.165, 1.54) is 32.1 Å². The Bertz CT molecular complexity index is 904. The zero-order valence-electron chi connectivity index (χ0n) is 23.4. The third-order valence-corrected chi connectivity index (χ3v) is 8.42. The molecular weight excluding hydrogens is 502 g/mol. The summed E-state index contributed by atoms with van der Waals surface area (Å²) >= 11 is 1.76. The molecule has 0 radical (unpaired) electrons. The van der Waals surface area contributed by atoms with E-state index < -0.39 is 11.6 Å². The summed E-state index contributed by atoms with van der Waals surface area (Å²) in [7, 11) is 1.62. The van der Waals surface area contributed by atoms with Crippen molar-refractivity contribution in [1.82, 2.24) is 15.5 Å². The lowest BCUT2D eigenvalue weighted by Gasteiger charge is -2.33. The van der Waals surface area contributed by atoms with E-state index in [-0.39, 0.29) is 23.8 Å². The van der Waals surface area contributed by atoms with Crippen LogP contribution in [0.25, 0.3) is 0 Å². The fraction of sp³-hybridized carbons (Fsp3) is 0.690. The fourth-order valence-electron chi connectivity index (χ4n) is 4.89. The molecule has 9 heteroatoms. The molecule has 1 saturated carbocycles. The Hall–Kier alpha value is -2.42. The number of methoxy groups -OCH3 is 1. The van der Waals surface area contributed by atoms with Crippen molar-refractivity contribution >= 4 is 29.7 Å². The van der Waals surface area contributed by atoms with Gasteiger partial charge in [-0.05, 0) is 75.8 Å². The van der Waals surface area contributed by atoms with E-state index in [0.717, 1.165) is 17.1 Å². The van der Waals surface area contributed by atoms with Crippen LogP contribution in [0.5, 0.6) is 5.75 Å². The van der Waals surface area contributed by atoms with Crippen LogP contribution in [0.1, 0.15) is 71.3 Å². The smallest absolute Gasteiger partial charge is 0.410 e. The van der Waals surface area contributed by atoms with Crippen molar-refractivity contribution in [3.05, 3.63) is 29.8 Å². The summed E-state index contributed by atoms with van der Waals surface area (Å²) in [5.74, 6) is 2.52. The molecule has 2 N–H and O–H groups in total. The number of nitrogens with zero attached hydrogens (tertiary/aromatic N) is 1. The first kappa shape index (κ1) is 30.1. The number of nitrogens with one attached hydrogen (secondary N) is 2. The molecule has 0 unspecified atom stereocenters. The maximum Gasteiger partial charge on any atom is 0.410 e. The van der Waals surface area contributed by atoms with Gasteiger partial charge in [0.25, 0.3) is 0 Å². The van der Waals surface area contributed by atoms with Crippen LogP contribution in [0, 0.1) is 11.8 Å². The largest absolute Gasteiger partial charge is 0.497 e. The number of carbonyl (C=O) groups is 3. The zero-order chi connectivity index (χ0) is 27.5. The fourth-order valence-corrected chi connectivity index (χ4v) is 6.16. The van der Waals surface area contributed by atoms with E-state index in [9.17, 15) is 14.4 Å². The van der Waals surface area contributed by atoms with Crippen LogP contribution in [-0.2, 0) is 20.9 Å². The van der Waals surface area contributed by atoms with E-state index >= 15 is 0 Å². The molecule has 1 atom stereocenters. The zero-order valence-corrected chi connectivity index (χ0v) is 24.2. The highest BCUT2D eigenvalue weighted by Crippen LogP contribution is 2.27. The third-order valence-electron chi connectivity index (χ3n) is 7.14. The van der Waals surface area contributed by atoms with Crippen LogP contribution >= 0.6 is 11.8 Å². The predicted octanol–water partition coefficient (Wildman–Crippen LogP) is 4.76. The molecule has 1 aliphatic carbocycles. The molecule has 0 aromatic heterocycles. The van der Waals surface area contributed by atoms with Crippen molar-refractivity contribution in [1.29, 1.82) is 0 Å². The molecule has 3 rings (SSSR count). The number of thioether (sulfide) groups is 1. The van der Waals surface area contributed by atoms with Gasteiger partial charge >= 0.3 is 6.09 Å². The van der Waals surface area contributed by atoms with Crippen molar-refractivity contribution in [3.8, 4) is 5.75 Å². The van der Waals surface area contributed by atoms with Gasteiger partial charge in [-0.25, -0.2) is 4.79 Å².